The van der Waals surface area contributed by atoms with Gasteiger partial charge in [-0.15, -0.1) is 0 Å². The number of rotatable bonds is 2. The third-order valence-electron chi connectivity index (χ3n) is 7.24. The van der Waals surface area contributed by atoms with E-state index >= 15 is 0 Å². The standard InChI is InChI=1S/C22H21N3O5/c1-23-15-6-3-2-5-14(15)22(21(23)26)19(13-8-9-17-18(11-13)30-12-29-17)20(25(27)28)16-7-4-10-24(16)22/h2-3,5-6,8-9,11,16,19-20H,4,7,10,12H2,1H3/t16-,19-,20+,22-/m0/s1. The maximum absolute atomic E-state index is 13.9. The van der Waals surface area contributed by atoms with Crippen LogP contribution in [0.5, 0.6) is 11.5 Å². The van der Waals surface area contributed by atoms with Crippen molar-refractivity contribution in [1.29, 1.82) is 0 Å². The summed E-state index contributed by atoms with van der Waals surface area (Å²) in [6.45, 7) is 0.802. The van der Waals surface area contributed by atoms with Gasteiger partial charge in [-0.1, -0.05) is 24.3 Å². The molecule has 154 valence electrons. The molecule has 2 aromatic rings. The maximum Gasteiger partial charge on any atom is 0.252 e. The highest BCUT2D eigenvalue weighted by Gasteiger charge is 2.72. The molecule has 2 fully saturated rings. The average Bonchev–Trinajstić information content (AvgIpc) is 3.49. The second kappa shape index (κ2) is 5.95. The molecule has 0 aliphatic carbocycles. The molecule has 0 bridgehead atoms. The fourth-order valence-corrected chi connectivity index (χ4v) is 6.19. The van der Waals surface area contributed by atoms with Crippen LogP contribution in [-0.4, -0.2) is 48.2 Å². The number of anilines is 1. The molecule has 0 aromatic heterocycles. The molecule has 8 heteroatoms. The first kappa shape index (κ1) is 17.7. The summed E-state index contributed by atoms with van der Waals surface area (Å²) < 4.78 is 11.0. The predicted octanol–water partition coefficient (Wildman–Crippen LogP) is 2.49. The molecule has 4 atom stereocenters. The topological polar surface area (TPSA) is 85.1 Å². The molecule has 0 N–H and O–H groups in total. The number of hydrogen-bond donors (Lipinski definition) is 0. The average molecular weight is 407 g/mol. The van der Waals surface area contributed by atoms with Crippen LogP contribution in [0.15, 0.2) is 42.5 Å². The quantitative estimate of drug-likeness (QED) is 0.562. The number of nitrogens with zero attached hydrogens (tertiary/aromatic N) is 3. The number of para-hydroxylation sites is 1. The van der Waals surface area contributed by atoms with Crippen molar-refractivity contribution in [2.75, 3.05) is 25.3 Å². The highest BCUT2D eigenvalue weighted by atomic mass is 16.7. The minimum Gasteiger partial charge on any atom is -0.454 e. The van der Waals surface area contributed by atoms with Gasteiger partial charge in [0.15, 0.2) is 11.5 Å². The summed E-state index contributed by atoms with van der Waals surface area (Å²) in [7, 11) is 1.76. The maximum atomic E-state index is 13.9. The Hall–Kier alpha value is -3.13. The Bertz CT molecular complexity index is 1090. The number of amides is 1. The fourth-order valence-electron chi connectivity index (χ4n) is 6.19. The highest BCUT2D eigenvalue weighted by molar-refractivity contribution is 6.08. The van der Waals surface area contributed by atoms with Gasteiger partial charge in [0, 0.05) is 29.8 Å². The predicted molar refractivity (Wildman–Crippen MR) is 107 cm³/mol. The van der Waals surface area contributed by atoms with Gasteiger partial charge in [0.1, 0.15) is 5.54 Å². The number of likely N-dealkylation sites (N-methyl/N-ethyl adjacent to an activating group) is 1. The van der Waals surface area contributed by atoms with Gasteiger partial charge < -0.3 is 14.4 Å². The van der Waals surface area contributed by atoms with Gasteiger partial charge in [-0.25, -0.2) is 0 Å². The molecule has 1 amide bonds. The van der Waals surface area contributed by atoms with Gasteiger partial charge in [0.25, 0.3) is 5.91 Å². The summed E-state index contributed by atoms with van der Waals surface area (Å²) in [5, 5.41) is 12.4. The van der Waals surface area contributed by atoms with Crippen molar-refractivity contribution in [2.24, 2.45) is 0 Å². The zero-order valence-electron chi connectivity index (χ0n) is 16.5. The Kier molecular flexibility index (Phi) is 3.51. The Labute approximate surface area is 173 Å². The smallest absolute Gasteiger partial charge is 0.252 e. The van der Waals surface area contributed by atoms with E-state index in [1.165, 1.54) is 0 Å². The van der Waals surface area contributed by atoms with E-state index in [9.17, 15) is 14.9 Å². The second-order valence-corrected chi connectivity index (χ2v) is 8.42. The number of hydrogen-bond acceptors (Lipinski definition) is 6. The summed E-state index contributed by atoms with van der Waals surface area (Å²) >= 11 is 0. The van der Waals surface area contributed by atoms with Gasteiger partial charge >= 0.3 is 0 Å². The first-order valence-electron chi connectivity index (χ1n) is 10.2. The zero-order valence-corrected chi connectivity index (χ0v) is 16.5. The van der Waals surface area contributed by atoms with Crippen LogP contribution in [0, 0.1) is 10.1 Å². The molecular weight excluding hydrogens is 386 g/mol. The Morgan fingerprint density at radius 3 is 2.80 bits per heavy atom. The number of nitro groups is 1. The first-order chi connectivity index (χ1) is 14.5. The van der Waals surface area contributed by atoms with Crippen LogP contribution >= 0.6 is 0 Å². The minimum absolute atomic E-state index is 0.0948. The van der Waals surface area contributed by atoms with Crippen LogP contribution < -0.4 is 14.4 Å². The van der Waals surface area contributed by atoms with Gasteiger partial charge in [0.2, 0.25) is 12.8 Å². The minimum atomic E-state index is -1.09. The molecular formula is C22H21N3O5. The summed E-state index contributed by atoms with van der Waals surface area (Å²) in [5.41, 5.74) is 1.34. The van der Waals surface area contributed by atoms with Crippen molar-refractivity contribution in [3.8, 4) is 11.5 Å². The van der Waals surface area contributed by atoms with Gasteiger partial charge in [-0.05, 0) is 36.6 Å². The van der Waals surface area contributed by atoms with Gasteiger partial charge in [-0.2, -0.15) is 0 Å². The molecule has 8 nitrogen and oxygen atoms in total. The number of benzene rings is 2. The van der Waals surface area contributed by atoms with Crippen molar-refractivity contribution in [3.05, 3.63) is 63.7 Å². The van der Waals surface area contributed by atoms with E-state index in [1.807, 2.05) is 36.4 Å². The summed E-state index contributed by atoms with van der Waals surface area (Å²) in [6, 6.07) is 12.0. The van der Waals surface area contributed by atoms with E-state index in [-0.39, 0.29) is 23.7 Å². The lowest BCUT2D eigenvalue weighted by molar-refractivity contribution is -0.527. The van der Waals surface area contributed by atoms with Crippen LogP contribution in [0.4, 0.5) is 5.69 Å². The molecule has 1 spiro atoms. The molecule has 4 aliphatic rings. The lowest BCUT2D eigenvalue weighted by Crippen LogP contribution is -2.52. The Morgan fingerprint density at radius 2 is 1.97 bits per heavy atom. The number of carbonyl (C=O) groups is 1. The lowest BCUT2D eigenvalue weighted by atomic mass is 9.73. The van der Waals surface area contributed by atoms with Crippen molar-refractivity contribution in [2.45, 2.75) is 36.4 Å². The Balaban J connectivity index is 1.64. The molecule has 4 aliphatic heterocycles. The van der Waals surface area contributed by atoms with E-state index < -0.39 is 17.5 Å². The zero-order chi connectivity index (χ0) is 20.6. The Morgan fingerprint density at radius 1 is 1.17 bits per heavy atom. The SMILES string of the molecule is CN1C(=O)[C@]2(c3ccccc31)[C@@H](c1ccc3c(c1)OCO3)[C@H]([N+](=O)[O-])[C@@H]1CCCN12. The highest BCUT2D eigenvalue weighted by Crippen LogP contribution is 2.61. The second-order valence-electron chi connectivity index (χ2n) is 8.42. The molecule has 2 aromatic carbocycles. The van der Waals surface area contributed by atoms with Crippen molar-refractivity contribution < 1.29 is 19.2 Å². The van der Waals surface area contributed by atoms with Crippen LogP contribution in [0.1, 0.15) is 29.9 Å². The van der Waals surface area contributed by atoms with Crippen molar-refractivity contribution in [3.63, 3.8) is 0 Å². The number of carbonyl (C=O) groups excluding carboxylic acids is 1. The normalized spacial score (nSPS) is 31.4. The van der Waals surface area contributed by atoms with E-state index in [0.29, 0.717) is 24.5 Å². The largest absolute Gasteiger partial charge is 0.454 e. The third-order valence-corrected chi connectivity index (χ3v) is 7.24. The van der Waals surface area contributed by atoms with Gasteiger partial charge in [-0.3, -0.25) is 19.8 Å². The number of fused-ring (bicyclic) bond motifs is 5. The lowest BCUT2D eigenvalue weighted by Gasteiger charge is -2.36. The fraction of sp³-hybridized carbons (Fsp3) is 0.409. The summed E-state index contributed by atoms with van der Waals surface area (Å²) in [6.07, 6.45) is 1.57. The number of ether oxygens (including phenoxy) is 2. The third kappa shape index (κ3) is 1.97. The molecule has 2 saturated heterocycles. The summed E-state index contributed by atoms with van der Waals surface area (Å²) in [5.74, 6) is 0.483. The molecule has 30 heavy (non-hydrogen) atoms. The van der Waals surface area contributed by atoms with Crippen LogP contribution in [0.25, 0.3) is 0 Å². The molecule has 0 unspecified atom stereocenters. The monoisotopic (exact) mass is 407 g/mol. The van der Waals surface area contributed by atoms with E-state index in [4.69, 9.17) is 9.47 Å². The van der Waals surface area contributed by atoms with E-state index in [0.717, 1.165) is 23.2 Å². The van der Waals surface area contributed by atoms with Crippen molar-refractivity contribution >= 4 is 11.6 Å². The van der Waals surface area contributed by atoms with Crippen LogP contribution in [0.2, 0.25) is 0 Å². The van der Waals surface area contributed by atoms with Gasteiger partial charge in [0.05, 0.1) is 12.0 Å². The summed E-state index contributed by atoms with van der Waals surface area (Å²) in [4.78, 5) is 29.9. The molecule has 4 heterocycles. The van der Waals surface area contributed by atoms with Crippen LogP contribution in [-0.2, 0) is 10.3 Å². The molecule has 6 rings (SSSR count). The molecule has 0 saturated carbocycles. The molecule has 0 radical (unpaired) electrons. The first-order valence-corrected chi connectivity index (χ1v) is 10.2. The van der Waals surface area contributed by atoms with Crippen LogP contribution in [0.3, 0.4) is 0 Å². The van der Waals surface area contributed by atoms with Crippen molar-refractivity contribution in [1.82, 2.24) is 4.90 Å². The van der Waals surface area contributed by atoms with E-state index in [2.05, 4.69) is 4.90 Å². The van der Waals surface area contributed by atoms with E-state index in [1.54, 1.807) is 18.0 Å².